The molecule has 2 N–H and O–H groups in total. The van der Waals surface area contributed by atoms with E-state index in [1.165, 1.54) is 10.5 Å². The number of sulfonamides is 1. The number of hydrogen-bond acceptors (Lipinski definition) is 5. The molecule has 0 aromatic carbocycles. The molecule has 1 saturated carbocycles. The lowest BCUT2D eigenvalue weighted by Gasteiger charge is -2.34. The second kappa shape index (κ2) is 5.44. The van der Waals surface area contributed by atoms with E-state index >= 15 is 0 Å². The van der Waals surface area contributed by atoms with Crippen molar-refractivity contribution in [2.75, 3.05) is 26.0 Å². The van der Waals surface area contributed by atoms with Gasteiger partial charge in [0.05, 0.1) is 11.8 Å². The fourth-order valence-electron chi connectivity index (χ4n) is 2.27. The summed E-state index contributed by atoms with van der Waals surface area (Å²) in [5.41, 5.74) is 0.537. The Morgan fingerprint density at radius 2 is 2.21 bits per heavy atom. The number of nitrogens with zero attached hydrogens (tertiary/aromatic N) is 2. The first-order chi connectivity index (χ1) is 8.95. The van der Waals surface area contributed by atoms with Gasteiger partial charge in [-0.3, -0.25) is 4.98 Å². The number of aromatic nitrogens is 1. The normalized spacial score (nSPS) is 23.2. The van der Waals surface area contributed by atoms with Gasteiger partial charge in [-0.1, -0.05) is 0 Å². The van der Waals surface area contributed by atoms with Gasteiger partial charge < -0.3 is 10.4 Å². The number of anilines is 1. The number of aliphatic hydroxyl groups is 1. The molecular weight excluding hydrogens is 266 g/mol. The molecule has 0 spiro atoms. The number of nitrogens with one attached hydrogen (secondary N) is 1. The summed E-state index contributed by atoms with van der Waals surface area (Å²) in [6.45, 7) is 0.428. The summed E-state index contributed by atoms with van der Waals surface area (Å²) in [6, 6.07) is 1.63. The highest BCUT2D eigenvalue weighted by atomic mass is 32.2. The molecule has 0 atom stereocenters. The predicted octanol–water partition coefficient (Wildman–Crippen LogP) is 0.515. The number of pyridine rings is 1. The first kappa shape index (κ1) is 14.2. The average Bonchev–Trinajstić information content (AvgIpc) is 2.36. The zero-order valence-corrected chi connectivity index (χ0v) is 11.9. The number of hydrogen-bond donors (Lipinski definition) is 2. The first-order valence-corrected chi connectivity index (χ1v) is 7.65. The summed E-state index contributed by atoms with van der Waals surface area (Å²) in [4.78, 5) is 4.06. The van der Waals surface area contributed by atoms with Crippen LogP contribution in [0.5, 0.6) is 0 Å². The molecule has 0 aliphatic heterocycles. The Hall–Kier alpha value is -1.18. The molecule has 6 nitrogen and oxygen atoms in total. The van der Waals surface area contributed by atoms with Crippen molar-refractivity contribution in [3.63, 3.8) is 0 Å². The Morgan fingerprint density at radius 1 is 1.53 bits per heavy atom. The standard InChI is InChI=1S/C12H19N3O3S/c1-13-11-3-4-14-7-12(11)19(17,18)15(2)8-9-5-10(16)6-9/h3-4,7,9-10,16H,5-6,8H2,1-2H3,(H,13,14). The van der Waals surface area contributed by atoms with Crippen LogP contribution in [-0.4, -0.2) is 49.6 Å². The van der Waals surface area contributed by atoms with Crippen molar-refractivity contribution in [2.24, 2.45) is 5.92 Å². The van der Waals surface area contributed by atoms with Crippen LogP contribution in [0.2, 0.25) is 0 Å². The maximum Gasteiger partial charge on any atom is 0.246 e. The number of aliphatic hydroxyl groups excluding tert-OH is 1. The lowest BCUT2D eigenvalue weighted by molar-refractivity contribution is 0.0367. The van der Waals surface area contributed by atoms with Crippen LogP contribution in [0.3, 0.4) is 0 Å². The highest BCUT2D eigenvalue weighted by Crippen LogP contribution is 2.30. The van der Waals surface area contributed by atoms with E-state index in [1.807, 2.05) is 0 Å². The van der Waals surface area contributed by atoms with E-state index in [4.69, 9.17) is 0 Å². The van der Waals surface area contributed by atoms with Crippen molar-refractivity contribution in [2.45, 2.75) is 23.8 Å². The van der Waals surface area contributed by atoms with Gasteiger partial charge in [-0.15, -0.1) is 0 Å². The third-order valence-corrected chi connectivity index (χ3v) is 5.32. The largest absolute Gasteiger partial charge is 0.393 e. The number of rotatable bonds is 5. The lowest BCUT2D eigenvalue weighted by Crippen LogP contribution is -2.39. The molecule has 7 heteroatoms. The molecule has 1 aromatic heterocycles. The molecule has 1 aliphatic rings. The van der Waals surface area contributed by atoms with E-state index in [0.717, 1.165) is 0 Å². The highest BCUT2D eigenvalue weighted by molar-refractivity contribution is 7.89. The van der Waals surface area contributed by atoms with Crippen LogP contribution < -0.4 is 5.32 Å². The Bertz CT molecular complexity index is 541. The summed E-state index contributed by atoms with van der Waals surface area (Å²) in [5, 5.41) is 12.1. The molecule has 0 amide bonds. The summed E-state index contributed by atoms with van der Waals surface area (Å²) in [6.07, 6.45) is 3.98. The van der Waals surface area contributed by atoms with Gasteiger partial charge in [0.1, 0.15) is 4.90 Å². The van der Waals surface area contributed by atoms with Gasteiger partial charge in [0.25, 0.3) is 0 Å². The highest BCUT2D eigenvalue weighted by Gasteiger charge is 2.32. The van der Waals surface area contributed by atoms with E-state index < -0.39 is 10.0 Å². The molecular formula is C12H19N3O3S. The molecule has 0 saturated heterocycles. The molecule has 0 radical (unpaired) electrons. The Morgan fingerprint density at radius 3 is 2.79 bits per heavy atom. The minimum Gasteiger partial charge on any atom is -0.393 e. The van der Waals surface area contributed by atoms with Gasteiger partial charge in [0.15, 0.2) is 0 Å². The van der Waals surface area contributed by atoms with E-state index in [9.17, 15) is 13.5 Å². The van der Waals surface area contributed by atoms with Gasteiger partial charge in [-0.05, 0) is 24.8 Å². The minimum atomic E-state index is -3.54. The Kier molecular flexibility index (Phi) is 4.07. The van der Waals surface area contributed by atoms with Crippen LogP contribution in [0, 0.1) is 5.92 Å². The van der Waals surface area contributed by atoms with E-state index in [2.05, 4.69) is 10.3 Å². The van der Waals surface area contributed by atoms with Crippen molar-refractivity contribution < 1.29 is 13.5 Å². The van der Waals surface area contributed by atoms with Gasteiger partial charge >= 0.3 is 0 Å². The van der Waals surface area contributed by atoms with Crippen molar-refractivity contribution >= 4 is 15.7 Å². The van der Waals surface area contributed by atoms with Crippen LogP contribution in [0.25, 0.3) is 0 Å². The van der Waals surface area contributed by atoms with Crippen molar-refractivity contribution in [3.8, 4) is 0 Å². The molecule has 1 fully saturated rings. The molecule has 1 aromatic rings. The third-order valence-electron chi connectivity index (χ3n) is 3.47. The SMILES string of the molecule is CNc1ccncc1S(=O)(=O)N(C)CC1CC(O)C1. The van der Waals surface area contributed by atoms with Crippen LogP contribution in [0.15, 0.2) is 23.4 Å². The van der Waals surface area contributed by atoms with Crippen molar-refractivity contribution in [1.29, 1.82) is 0 Å². The second-order valence-corrected chi connectivity index (χ2v) is 6.91. The fraction of sp³-hybridized carbons (Fsp3) is 0.583. The molecule has 1 aliphatic carbocycles. The van der Waals surface area contributed by atoms with Crippen LogP contribution in [0.4, 0.5) is 5.69 Å². The zero-order valence-electron chi connectivity index (χ0n) is 11.1. The molecule has 0 unspecified atom stereocenters. The van der Waals surface area contributed by atoms with E-state index in [1.54, 1.807) is 26.4 Å². The van der Waals surface area contributed by atoms with Gasteiger partial charge in [-0.2, -0.15) is 0 Å². The van der Waals surface area contributed by atoms with E-state index in [0.29, 0.717) is 25.1 Å². The Balaban J connectivity index is 2.16. The fourth-order valence-corrected chi connectivity index (χ4v) is 3.66. The molecule has 1 heterocycles. The second-order valence-electron chi connectivity index (χ2n) is 4.90. The van der Waals surface area contributed by atoms with Gasteiger partial charge in [0.2, 0.25) is 10.0 Å². The quantitative estimate of drug-likeness (QED) is 0.824. The predicted molar refractivity (Wildman–Crippen MR) is 72.3 cm³/mol. The minimum absolute atomic E-state index is 0.180. The average molecular weight is 285 g/mol. The van der Waals surface area contributed by atoms with Crippen LogP contribution in [-0.2, 0) is 10.0 Å². The monoisotopic (exact) mass is 285 g/mol. The maximum absolute atomic E-state index is 12.5. The van der Waals surface area contributed by atoms with Gasteiger partial charge in [-0.25, -0.2) is 12.7 Å². The van der Waals surface area contributed by atoms with Crippen molar-refractivity contribution in [1.82, 2.24) is 9.29 Å². The first-order valence-electron chi connectivity index (χ1n) is 6.21. The van der Waals surface area contributed by atoms with Crippen molar-refractivity contribution in [3.05, 3.63) is 18.5 Å². The van der Waals surface area contributed by atoms with Crippen LogP contribution in [0.1, 0.15) is 12.8 Å². The summed E-state index contributed by atoms with van der Waals surface area (Å²) in [7, 11) is -0.305. The molecule has 19 heavy (non-hydrogen) atoms. The molecule has 0 bridgehead atoms. The molecule has 2 rings (SSSR count). The summed E-state index contributed by atoms with van der Waals surface area (Å²) < 4.78 is 26.2. The third kappa shape index (κ3) is 2.88. The maximum atomic E-state index is 12.5. The lowest BCUT2D eigenvalue weighted by atomic mass is 9.82. The Labute approximate surface area is 113 Å². The summed E-state index contributed by atoms with van der Waals surface area (Å²) in [5.74, 6) is 0.240. The smallest absolute Gasteiger partial charge is 0.246 e. The van der Waals surface area contributed by atoms with Crippen LogP contribution >= 0.6 is 0 Å². The topological polar surface area (TPSA) is 82.5 Å². The summed E-state index contributed by atoms with van der Waals surface area (Å²) >= 11 is 0. The van der Waals surface area contributed by atoms with E-state index in [-0.39, 0.29) is 16.9 Å². The molecule has 106 valence electrons. The van der Waals surface area contributed by atoms with Gasteiger partial charge in [0, 0.05) is 33.0 Å². The zero-order chi connectivity index (χ0) is 14.0.